The molecule has 1 aliphatic rings. The predicted octanol–water partition coefficient (Wildman–Crippen LogP) is 3.27. The standard InChI is InChI=1S/C25H31FN2O5Si/c1-33-22-11-9-17-19(27-22)12-13-28(23(30)6-5-7-24(31)32)25(17)20(29)15-16-8-10-21(18(26)14-16)34(2,3)4/h8-11,14,25H,5-7,12-13,15H2,1-4H3,(H,31,32)/t25-/m1/s1. The van der Waals surface area contributed by atoms with Crippen LogP contribution in [0, 0.1) is 5.82 Å². The maximum Gasteiger partial charge on any atom is 0.303 e. The first-order chi connectivity index (χ1) is 16.0. The first-order valence-corrected chi connectivity index (χ1v) is 14.9. The molecule has 1 aromatic heterocycles. The normalized spacial score (nSPS) is 15.6. The fourth-order valence-corrected chi connectivity index (χ4v) is 5.68. The van der Waals surface area contributed by atoms with E-state index in [1.165, 1.54) is 18.1 Å². The van der Waals surface area contributed by atoms with Crippen LogP contribution in [0.15, 0.2) is 30.3 Å². The van der Waals surface area contributed by atoms with Gasteiger partial charge in [-0.1, -0.05) is 31.8 Å². The third-order valence-electron chi connectivity index (χ3n) is 6.02. The summed E-state index contributed by atoms with van der Waals surface area (Å²) in [6.45, 7) is 6.47. The summed E-state index contributed by atoms with van der Waals surface area (Å²) >= 11 is 0. The van der Waals surface area contributed by atoms with E-state index >= 15 is 0 Å². The molecule has 0 bridgehead atoms. The Kier molecular flexibility index (Phi) is 7.86. The maximum absolute atomic E-state index is 14.8. The van der Waals surface area contributed by atoms with Crippen molar-refractivity contribution >= 4 is 30.9 Å². The smallest absolute Gasteiger partial charge is 0.303 e. The number of rotatable bonds is 9. The Morgan fingerprint density at radius 3 is 2.53 bits per heavy atom. The topological polar surface area (TPSA) is 96.8 Å². The van der Waals surface area contributed by atoms with Crippen LogP contribution in [0.25, 0.3) is 0 Å². The Bertz CT molecular complexity index is 1100. The van der Waals surface area contributed by atoms with Crippen molar-refractivity contribution in [3.63, 3.8) is 0 Å². The number of hydrogen-bond donors (Lipinski definition) is 1. The Hall–Kier alpha value is -3.07. The second-order valence-electron chi connectivity index (χ2n) is 9.58. The summed E-state index contributed by atoms with van der Waals surface area (Å²) in [6.07, 6.45) is 0.548. The van der Waals surface area contributed by atoms with E-state index in [0.29, 0.717) is 40.9 Å². The number of carboxylic acid groups (broad SMARTS) is 1. The molecule has 2 heterocycles. The van der Waals surface area contributed by atoms with Crippen molar-refractivity contribution in [2.75, 3.05) is 13.7 Å². The Morgan fingerprint density at radius 2 is 1.91 bits per heavy atom. The van der Waals surface area contributed by atoms with Crippen molar-refractivity contribution < 1.29 is 28.6 Å². The van der Waals surface area contributed by atoms with Gasteiger partial charge in [-0.05, 0) is 29.3 Å². The number of carbonyl (C=O) groups is 3. The zero-order valence-electron chi connectivity index (χ0n) is 20.1. The number of aliphatic carboxylic acids is 1. The Balaban J connectivity index is 1.89. The number of methoxy groups -OCH3 is 1. The molecule has 7 nitrogen and oxygen atoms in total. The van der Waals surface area contributed by atoms with Gasteiger partial charge in [0.15, 0.2) is 5.78 Å². The number of carbonyl (C=O) groups excluding carboxylic acids is 2. The molecular weight excluding hydrogens is 455 g/mol. The molecule has 0 saturated carbocycles. The van der Waals surface area contributed by atoms with Crippen molar-refractivity contribution in [3.05, 3.63) is 53.0 Å². The number of hydrogen-bond acceptors (Lipinski definition) is 5. The zero-order valence-corrected chi connectivity index (χ0v) is 21.1. The lowest BCUT2D eigenvalue weighted by Gasteiger charge is -2.36. The number of fused-ring (bicyclic) bond motifs is 1. The van der Waals surface area contributed by atoms with Gasteiger partial charge in [-0.15, -0.1) is 0 Å². The molecule has 1 aliphatic heterocycles. The Morgan fingerprint density at radius 1 is 1.18 bits per heavy atom. The van der Waals surface area contributed by atoms with Crippen LogP contribution in [0.2, 0.25) is 19.6 Å². The van der Waals surface area contributed by atoms with Gasteiger partial charge in [0.25, 0.3) is 0 Å². The zero-order chi connectivity index (χ0) is 25.0. The monoisotopic (exact) mass is 486 g/mol. The third kappa shape index (κ3) is 5.88. The van der Waals surface area contributed by atoms with Gasteiger partial charge >= 0.3 is 5.97 Å². The van der Waals surface area contributed by atoms with E-state index in [1.807, 2.05) is 0 Å². The first-order valence-electron chi connectivity index (χ1n) is 11.4. The van der Waals surface area contributed by atoms with E-state index < -0.39 is 20.1 Å². The molecule has 0 fully saturated rings. The molecule has 0 spiro atoms. The van der Waals surface area contributed by atoms with Gasteiger partial charge in [-0.3, -0.25) is 14.4 Å². The van der Waals surface area contributed by atoms with Gasteiger partial charge in [0, 0.05) is 43.9 Å². The number of pyridine rings is 1. The van der Waals surface area contributed by atoms with Gasteiger partial charge in [0.2, 0.25) is 11.8 Å². The maximum atomic E-state index is 14.8. The highest BCUT2D eigenvalue weighted by atomic mass is 28.3. The lowest BCUT2D eigenvalue weighted by atomic mass is 9.90. The van der Waals surface area contributed by atoms with E-state index in [4.69, 9.17) is 9.84 Å². The minimum Gasteiger partial charge on any atom is -0.481 e. The van der Waals surface area contributed by atoms with Gasteiger partial charge in [-0.25, -0.2) is 9.37 Å². The number of aromatic nitrogens is 1. The summed E-state index contributed by atoms with van der Waals surface area (Å²) in [7, 11) is -0.340. The van der Waals surface area contributed by atoms with Gasteiger partial charge in [0.05, 0.1) is 20.9 Å². The number of ketones is 1. The van der Waals surface area contributed by atoms with E-state index in [-0.39, 0.29) is 43.2 Å². The first kappa shape index (κ1) is 25.5. The van der Waals surface area contributed by atoms with Crippen LogP contribution in [0.1, 0.15) is 42.1 Å². The molecule has 0 unspecified atom stereocenters. The molecule has 0 radical (unpaired) electrons. The van der Waals surface area contributed by atoms with E-state index in [9.17, 15) is 18.8 Å². The van der Waals surface area contributed by atoms with Crippen LogP contribution >= 0.6 is 0 Å². The van der Waals surface area contributed by atoms with Gasteiger partial charge in [-0.2, -0.15) is 0 Å². The highest BCUT2D eigenvalue weighted by molar-refractivity contribution is 6.88. The van der Waals surface area contributed by atoms with Crippen molar-refractivity contribution in [1.29, 1.82) is 0 Å². The number of halogens is 1. The van der Waals surface area contributed by atoms with E-state index in [2.05, 4.69) is 24.6 Å². The lowest BCUT2D eigenvalue weighted by molar-refractivity contribution is -0.141. The second kappa shape index (κ2) is 10.5. The summed E-state index contributed by atoms with van der Waals surface area (Å²) in [6, 6.07) is 7.50. The summed E-state index contributed by atoms with van der Waals surface area (Å²) in [5.41, 5.74) is 1.87. The molecule has 1 amide bonds. The fraction of sp³-hybridized carbons (Fsp3) is 0.440. The third-order valence-corrected chi connectivity index (χ3v) is 8.04. The number of carboxylic acids is 1. The average molecular weight is 487 g/mol. The molecular formula is C25H31FN2O5Si. The number of ether oxygens (including phenoxy) is 1. The van der Waals surface area contributed by atoms with Gasteiger partial charge in [0.1, 0.15) is 11.9 Å². The molecule has 0 aliphatic carbocycles. The molecule has 2 aromatic rings. The summed E-state index contributed by atoms with van der Waals surface area (Å²) in [5.74, 6) is -1.36. The van der Waals surface area contributed by atoms with Crippen LogP contribution in [0.5, 0.6) is 5.88 Å². The van der Waals surface area contributed by atoms with Gasteiger partial charge < -0.3 is 14.7 Å². The van der Waals surface area contributed by atoms with Crippen molar-refractivity contribution in [2.45, 2.75) is 57.8 Å². The molecule has 1 N–H and O–H groups in total. The molecule has 3 rings (SSSR count). The van der Waals surface area contributed by atoms with Crippen molar-refractivity contribution in [3.8, 4) is 5.88 Å². The van der Waals surface area contributed by atoms with Crippen LogP contribution in [-0.4, -0.2) is 54.4 Å². The quantitative estimate of drug-likeness (QED) is 0.547. The second-order valence-corrected chi connectivity index (χ2v) is 14.6. The summed E-state index contributed by atoms with van der Waals surface area (Å²) in [4.78, 5) is 43.3. The average Bonchev–Trinajstić information content (AvgIpc) is 2.76. The fourth-order valence-electron chi connectivity index (χ4n) is 4.30. The van der Waals surface area contributed by atoms with Crippen LogP contribution in [0.3, 0.4) is 0 Å². The number of nitrogens with zero attached hydrogens (tertiary/aromatic N) is 2. The lowest BCUT2D eigenvalue weighted by Crippen LogP contribution is -2.44. The number of benzene rings is 1. The van der Waals surface area contributed by atoms with Crippen LogP contribution < -0.4 is 9.92 Å². The summed E-state index contributed by atoms with van der Waals surface area (Å²) < 4.78 is 20.0. The van der Waals surface area contributed by atoms with Crippen LogP contribution in [-0.2, 0) is 27.2 Å². The molecule has 1 aromatic carbocycles. The predicted molar refractivity (Wildman–Crippen MR) is 129 cm³/mol. The van der Waals surface area contributed by atoms with Crippen molar-refractivity contribution in [2.24, 2.45) is 0 Å². The Labute approximate surface area is 200 Å². The van der Waals surface area contributed by atoms with E-state index in [0.717, 1.165) is 0 Å². The highest BCUT2D eigenvalue weighted by Crippen LogP contribution is 2.32. The van der Waals surface area contributed by atoms with Crippen LogP contribution in [0.4, 0.5) is 4.39 Å². The minimum absolute atomic E-state index is 0.0298. The minimum atomic E-state index is -1.85. The molecule has 34 heavy (non-hydrogen) atoms. The number of Topliss-reactive ketones (excluding diaryl/α,β-unsaturated/α-hetero) is 1. The molecule has 0 saturated heterocycles. The highest BCUT2D eigenvalue weighted by Gasteiger charge is 2.36. The van der Waals surface area contributed by atoms with E-state index in [1.54, 1.807) is 24.3 Å². The molecule has 9 heteroatoms. The number of amides is 1. The largest absolute Gasteiger partial charge is 0.481 e. The van der Waals surface area contributed by atoms with Crippen molar-refractivity contribution in [1.82, 2.24) is 9.88 Å². The molecule has 1 atom stereocenters. The SMILES string of the molecule is COc1ccc2c(n1)CCN(C(=O)CCCC(=O)O)[C@H]2C(=O)Cc1ccc([Si](C)(C)C)c(F)c1. The molecule has 182 valence electrons. The summed E-state index contributed by atoms with van der Waals surface area (Å²) in [5, 5.41) is 9.59.